The lowest BCUT2D eigenvalue weighted by atomic mass is 9.85. The third-order valence-electron chi connectivity index (χ3n) is 3.36. The Hall–Kier alpha value is -1.12. The van der Waals surface area contributed by atoms with E-state index in [1.54, 1.807) is 13.1 Å². The molecule has 0 radical (unpaired) electrons. The van der Waals surface area contributed by atoms with Crippen molar-refractivity contribution in [1.82, 2.24) is 9.78 Å². The van der Waals surface area contributed by atoms with Gasteiger partial charge < -0.3 is 0 Å². The summed E-state index contributed by atoms with van der Waals surface area (Å²) in [5, 5.41) is 4.21. The summed E-state index contributed by atoms with van der Waals surface area (Å²) in [6.07, 6.45) is 8.04. The van der Waals surface area contributed by atoms with Crippen molar-refractivity contribution in [2.75, 3.05) is 0 Å². The predicted molar refractivity (Wildman–Crippen MR) is 59.0 cm³/mol. The van der Waals surface area contributed by atoms with Gasteiger partial charge in [0.2, 0.25) is 0 Å². The van der Waals surface area contributed by atoms with Crippen LogP contribution in [0.5, 0.6) is 0 Å². The van der Waals surface area contributed by atoms with Crippen LogP contribution in [0.15, 0.2) is 6.20 Å². The highest BCUT2D eigenvalue weighted by Gasteiger charge is 2.23. The molecule has 3 heteroatoms. The average molecular weight is 206 g/mol. The van der Waals surface area contributed by atoms with Gasteiger partial charge in [-0.15, -0.1) is 0 Å². The molecule has 1 aromatic heterocycles. The Morgan fingerprint density at radius 2 is 2.07 bits per heavy atom. The maximum Gasteiger partial charge on any atom is 0.163 e. The van der Waals surface area contributed by atoms with Crippen LogP contribution in [0.1, 0.15) is 61.0 Å². The number of carbonyl (C=O) groups is 1. The van der Waals surface area contributed by atoms with Gasteiger partial charge in [-0.25, -0.2) is 0 Å². The molecule has 1 heterocycles. The lowest BCUT2D eigenvalue weighted by Crippen LogP contribution is -2.12. The first-order valence-electron chi connectivity index (χ1n) is 5.73. The molecule has 0 aromatic carbocycles. The molecule has 0 unspecified atom stereocenters. The van der Waals surface area contributed by atoms with Crippen molar-refractivity contribution in [1.29, 1.82) is 0 Å². The number of carbonyl (C=O) groups excluding carboxylic acids is 1. The zero-order chi connectivity index (χ0) is 10.8. The summed E-state index contributed by atoms with van der Waals surface area (Å²) < 4.78 is 1.88. The smallest absolute Gasteiger partial charge is 0.163 e. The molecular formula is C12H18N2O. The summed E-state index contributed by atoms with van der Waals surface area (Å²) in [5.74, 6) is 0.689. The number of aryl methyl sites for hydroxylation is 1. The molecule has 0 saturated heterocycles. The van der Waals surface area contributed by atoms with Crippen LogP contribution in [0, 0.1) is 0 Å². The minimum Gasteiger partial charge on any atom is -0.294 e. The molecule has 0 bridgehead atoms. The molecule has 0 atom stereocenters. The second-order valence-corrected chi connectivity index (χ2v) is 4.46. The van der Waals surface area contributed by atoms with E-state index in [1.807, 2.05) is 11.7 Å². The number of Topliss-reactive ketones (excluding diaryl/α,β-unsaturated/α-hetero) is 1. The molecule has 3 nitrogen and oxygen atoms in total. The third-order valence-corrected chi connectivity index (χ3v) is 3.36. The first kappa shape index (κ1) is 10.4. The SMILES string of the molecule is CC(=O)c1cnn(C)c1C1CCCCC1. The molecule has 2 rings (SSSR count). The largest absolute Gasteiger partial charge is 0.294 e. The maximum absolute atomic E-state index is 11.5. The van der Waals surface area contributed by atoms with Crippen LogP contribution in [0.3, 0.4) is 0 Å². The second kappa shape index (κ2) is 4.17. The van der Waals surface area contributed by atoms with Gasteiger partial charge in [-0.1, -0.05) is 19.3 Å². The lowest BCUT2D eigenvalue weighted by Gasteiger charge is -2.22. The van der Waals surface area contributed by atoms with Crippen LogP contribution in [0.25, 0.3) is 0 Å². The molecule has 1 aliphatic rings. The monoisotopic (exact) mass is 206 g/mol. The van der Waals surface area contributed by atoms with Crippen molar-refractivity contribution < 1.29 is 4.79 Å². The summed E-state index contributed by atoms with van der Waals surface area (Å²) in [6.45, 7) is 1.63. The van der Waals surface area contributed by atoms with E-state index in [2.05, 4.69) is 5.10 Å². The molecule has 0 spiro atoms. The zero-order valence-corrected chi connectivity index (χ0v) is 9.49. The van der Waals surface area contributed by atoms with E-state index in [1.165, 1.54) is 32.1 Å². The van der Waals surface area contributed by atoms with E-state index in [9.17, 15) is 4.79 Å². The van der Waals surface area contributed by atoms with Crippen LogP contribution in [0.4, 0.5) is 0 Å². The van der Waals surface area contributed by atoms with Crippen molar-refractivity contribution in [2.24, 2.45) is 7.05 Å². The number of hydrogen-bond acceptors (Lipinski definition) is 2. The number of aromatic nitrogens is 2. The Bertz CT molecular complexity index is 362. The molecular weight excluding hydrogens is 188 g/mol. The predicted octanol–water partition coefficient (Wildman–Crippen LogP) is 2.67. The van der Waals surface area contributed by atoms with Gasteiger partial charge >= 0.3 is 0 Å². The number of hydrogen-bond donors (Lipinski definition) is 0. The molecule has 15 heavy (non-hydrogen) atoms. The van der Waals surface area contributed by atoms with E-state index in [0.29, 0.717) is 5.92 Å². The Kier molecular flexibility index (Phi) is 2.89. The fourth-order valence-electron chi connectivity index (χ4n) is 2.58. The summed E-state index contributed by atoms with van der Waals surface area (Å²) in [7, 11) is 1.94. The van der Waals surface area contributed by atoms with Crippen molar-refractivity contribution in [3.8, 4) is 0 Å². The van der Waals surface area contributed by atoms with E-state index in [0.717, 1.165) is 11.3 Å². The van der Waals surface area contributed by atoms with Gasteiger partial charge in [0.25, 0.3) is 0 Å². The molecule has 1 saturated carbocycles. The first-order valence-corrected chi connectivity index (χ1v) is 5.73. The Morgan fingerprint density at radius 1 is 1.40 bits per heavy atom. The quantitative estimate of drug-likeness (QED) is 0.697. The van der Waals surface area contributed by atoms with E-state index in [4.69, 9.17) is 0 Å². The first-order chi connectivity index (χ1) is 7.20. The van der Waals surface area contributed by atoms with Gasteiger partial charge in [-0.2, -0.15) is 5.10 Å². The second-order valence-electron chi connectivity index (χ2n) is 4.46. The van der Waals surface area contributed by atoms with Gasteiger partial charge in [0.15, 0.2) is 5.78 Å². The van der Waals surface area contributed by atoms with E-state index in [-0.39, 0.29) is 5.78 Å². The van der Waals surface area contributed by atoms with Gasteiger partial charge in [0, 0.05) is 13.0 Å². The van der Waals surface area contributed by atoms with Crippen molar-refractivity contribution in [2.45, 2.75) is 44.9 Å². The molecule has 0 N–H and O–H groups in total. The molecule has 0 amide bonds. The van der Waals surface area contributed by atoms with Crippen molar-refractivity contribution >= 4 is 5.78 Å². The molecule has 0 aliphatic heterocycles. The number of nitrogens with zero attached hydrogens (tertiary/aromatic N) is 2. The highest BCUT2D eigenvalue weighted by atomic mass is 16.1. The molecule has 1 aromatic rings. The standard InChI is InChI=1S/C12H18N2O/c1-9(15)11-8-13-14(2)12(11)10-6-4-3-5-7-10/h8,10H,3-7H2,1-2H3. The summed E-state index contributed by atoms with van der Waals surface area (Å²) in [5.41, 5.74) is 1.98. The summed E-state index contributed by atoms with van der Waals surface area (Å²) in [6, 6.07) is 0. The minimum absolute atomic E-state index is 0.142. The van der Waals surface area contributed by atoms with Gasteiger partial charge in [-0.3, -0.25) is 9.48 Å². The lowest BCUT2D eigenvalue weighted by molar-refractivity contribution is 0.101. The zero-order valence-electron chi connectivity index (χ0n) is 9.49. The highest BCUT2D eigenvalue weighted by molar-refractivity contribution is 5.95. The van der Waals surface area contributed by atoms with Gasteiger partial charge in [0.05, 0.1) is 17.5 Å². The molecule has 82 valence electrons. The van der Waals surface area contributed by atoms with Crippen LogP contribution in [-0.4, -0.2) is 15.6 Å². The Labute approximate surface area is 90.5 Å². The minimum atomic E-state index is 0.142. The van der Waals surface area contributed by atoms with Gasteiger partial charge in [0.1, 0.15) is 0 Å². The third kappa shape index (κ3) is 1.96. The number of ketones is 1. The highest BCUT2D eigenvalue weighted by Crippen LogP contribution is 2.34. The van der Waals surface area contributed by atoms with Crippen LogP contribution < -0.4 is 0 Å². The Morgan fingerprint density at radius 3 is 2.67 bits per heavy atom. The van der Waals surface area contributed by atoms with Crippen molar-refractivity contribution in [3.63, 3.8) is 0 Å². The van der Waals surface area contributed by atoms with Crippen LogP contribution in [0.2, 0.25) is 0 Å². The molecule has 1 fully saturated rings. The van der Waals surface area contributed by atoms with Gasteiger partial charge in [-0.05, 0) is 19.8 Å². The topological polar surface area (TPSA) is 34.9 Å². The average Bonchev–Trinajstić information content (AvgIpc) is 2.61. The van der Waals surface area contributed by atoms with Crippen molar-refractivity contribution in [3.05, 3.63) is 17.5 Å². The molecule has 1 aliphatic carbocycles. The summed E-state index contributed by atoms with van der Waals surface area (Å²) in [4.78, 5) is 11.5. The van der Waals surface area contributed by atoms with E-state index < -0.39 is 0 Å². The van der Waals surface area contributed by atoms with Crippen LogP contribution >= 0.6 is 0 Å². The normalized spacial score (nSPS) is 18.0. The van der Waals surface area contributed by atoms with Crippen LogP contribution in [-0.2, 0) is 7.05 Å². The fourth-order valence-corrected chi connectivity index (χ4v) is 2.58. The fraction of sp³-hybridized carbons (Fsp3) is 0.667. The number of rotatable bonds is 2. The Balaban J connectivity index is 2.32. The summed E-state index contributed by atoms with van der Waals surface area (Å²) >= 11 is 0. The van der Waals surface area contributed by atoms with E-state index >= 15 is 0 Å². The maximum atomic E-state index is 11.5.